The highest BCUT2D eigenvalue weighted by atomic mass is 35.5. The first kappa shape index (κ1) is 20.6. The molecule has 1 amide bonds. The molecule has 1 aromatic carbocycles. The highest BCUT2D eigenvalue weighted by Crippen LogP contribution is 2.21. The normalized spacial score (nSPS) is 11.9. The smallest absolute Gasteiger partial charge is 0.268 e. The van der Waals surface area contributed by atoms with Crippen molar-refractivity contribution in [1.82, 2.24) is 25.6 Å². The van der Waals surface area contributed by atoms with Gasteiger partial charge < -0.3 is 25.7 Å². The van der Waals surface area contributed by atoms with Gasteiger partial charge in [-0.2, -0.15) is 0 Å². The number of halogens is 1. The van der Waals surface area contributed by atoms with Gasteiger partial charge in [0.05, 0.1) is 23.8 Å². The second-order valence-corrected chi connectivity index (χ2v) is 7.11. The van der Waals surface area contributed by atoms with Crippen molar-refractivity contribution < 1.29 is 9.90 Å². The topological polar surface area (TPSA) is 130 Å². The Morgan fingerprint density at radius 3 is 2.59 bits per heavy atom. The van der Waals surface area contributed by atoms with E-state index in [9.17, 15) is 9.90 Å². The number of rotatable bonds is 7. The summed E-state index contributed by atoms with van der Waals surface area (Å²) in [5.74, 6) is 0.484. The van der Waals surface area contributed by atoms with E-state index in [-0.39, 0.29) is 24.9 Å². The Morgan fingerprint density at radius 1 is 1.24 bits per heavy atom. The molecule has 1 unspecified atom stereocenters. The van der Waals surface area contributed by atoms with Crippen LogP contribution >= 0.6 is 11.6 Å². The summed E-state index contributed by atoms with van der Waals surface area (Å²) in [5.41, 5.74) is 3.37. The van der Waals surface area contributed by atoms with Gasteiger partial charge in [0, 0.05) is 17.3 Å². The van der Waals surface area contributed by atoms with Crippen LogP contribution in [0.25, 0.3) is 11.3 Å². The molecule has 9 heteroatoms. The number of amides is 1. The molecular formula is C20H23ClN6O2. The Bertz CT molecular complexity index is 1010. The van der Waals surface area contributed by atoms with Crippen molar-refractivity contribution in [1.29, 1.82) is 5.41 Å². The Kier molecular flexibility index (Phi) is 6.36. The van der Waals surface area contributed by atoms with Crippen LogP contribution in [0.4, 0.5) is 0 Å². The van der Waals surface area contributed by atoms with Crippen molar-refractivity contribution in [2.24, 2.45) is 0 Å². The zero-order valence-electron chi connectivity index (χ0n) is 16.1. The predicted molar refractivity (Wildman–Crippen MR) is 112 cm³/mol. The molecule has 0 aliphatic heterocycles. The first-order chi connectivity index (χ1) is 13.9. The Hall–Kier alpha value is -3.10. The second kappa shape index (κ2) is 8.93. The molecule has 2 heterocycles. The van der Waals surface area contributed by atoms with Crippen molar-refractivity contribution in [2.75, 3.05) is 6.54 Å². The number of nitrogens with one attached hydrogen (secondary N) is 5. The lowest BCUT2D eigenvalue weighted by molar-refractivity contribution is 0.0931. The molecule has 0 spiro atoms. The maximum atomic E-state index is 12.8. The number of carbonyl (C=O) groups excluding carboxylic acids is 1. The minimum absolute atomic E-state index is 0.169. The van der Waals surface area contributed by atoms with Crippen LogP contribution in [0.15, 0.2) is 36.4 Å². The van der Waals surface area contributed by atoms with Crippen LogP contribution in [0.3, 0.4) is 0 Å². The summed E-state index contributed by atoms with van der Waals surface area (Å²) in [6.07, 6.45) is 0. The molecule has 1 atom stereocenters. The second-order valence-electron chi connectivity index (χ2n) is 6.67. The van der Waals surface area contributed by atoms with Crippen LogP contribution in [0.5, 0.6) is 0 Å². The number of aliphatic hydroxyl groups is 1. The van der Waals surface area contributed by atoms with E-state index in [0.29, 0.717) is 27.9 Å². The molecule has 0 saturated heterocycles. The fourth-order valence-corrected chi connectivity index (χ4v) is 3.00. The number of aromatic amines is 2. The fourth-order valence-electron chi connectivity index (χ4n) is 2.87. The summed E-state index contributed by atoms with van der Waals surface area (Å²) >= 11 is 5.93. The Labute approximate surface area is 173 Å². The number of hydrogen-bond donors (Lipinski definition) is 6. The van der Waals surface area contributed by atoms with Crippen LogP contribution in [0.1, 0.15) is 40.7 Å². The lowest BCUT2D eigenvalue weighted by Crippen LogP contribution is -2.37. The highest BCUT2D eigenvalue weighted by molar-refractivity contribution is 6.30. The molecule has 3 aromatic rings. The Morgan fingerprint density at radius 2 is 1.97 bits per heavy atom. The molecule has 0 radical (unpaired) electrons. The van der Waals surface area contributed by atoms with Crippen LogP contribution < -0.4 is 10.6 Å². The van der Waals surface area contributed by atoms with Crippen molar-refractivity contribution in [3.8, 4) is 11.3 Å². The lowest BCUT2D eigenvalue weighted by atomic mass is 10.2. The van der Waals surface area contributed by atoms with Gasteiger partial charge >= 0.3 is 0 Å². The quantitative estimate of drug-likeness (QED) is 0.262. The predicted octanol–water partition coefficient (Wildman–Crippen LogP) is 2.92. The summed E-state index contributed by atoms with van der Waals surface area (Å²) in [5, 5.41) is 23.5. The van der Waals surface area contributed by atoms with Gasteiger partial charge in [0.15, 0.2) is 0 Å². The maximum Gasteiger partial charge on any atom is 0.268 e. The van der Waals surface area contributed by atoms with Gasteiger partial charge in [0.1, 0.15) is 17.6 Å². The van der Waals surface area contributed by atoms with Gasteiger partial charge in [0.2, 0.25) is 0 Å². The third-order valence-electron chi connectivity index (χ3n) is 4.45. The lowest BCUT2D eigenvalue weighted by Gasteiger charge is -2.17. The van der Waals surface area contributed by atoms with E-state index in [0.717, 1.165) is 11.3 Å². The summed E-state index contributed by atoms with van der Waals surface area (Å²) in [6, 6.07) is 10.3. The first-order valence-corrected chi connectivity index (χ1v) is 9.46. The van der Waals surface area contributed by atoms with Gasteiger partial charge in [-0.1, -0.05) is 23.7 Å². The summed E-state index contributed by atoms with van der Waals surface area (Å²) in [7, 11) is 0. The molecule has 152 valence electrons. The maximum absolute atomic E-state index is 12.8. The number of aromatic nitrogens is 3. The van der Waals surface area contributed by atoms with Crippen LogP contribution in [-0.4, -0.2) is 38.3 Å². The molecule has 3 rings (SSSR count). The third kappa shape index (κ3) is 5.04. The molecule has 0 bridgehead atoms. The Balaban J connectivity index is 1.78. The van der Waals surface area contributed by atoms with Gasteiger partial charge in [-0.15, -0.1) is 0 Å². The zero-order valence-corrected chi connectivity index (χ0v) is 16.9. The largest absolute Gasteiger partial charge is 0.390 e. The number of imidazole rings is 1. The van der Waals surface area contributed by atoms with E-state index in [1.807, 2.05) is 18.2 Å². The number of aryl methyl sites for hydroxylation is 1. The minimum atomic E-state index is -0.510. The van der Waals surface area contributed by atoms with Crippen molar-refractivity contribution in [2.45, 2.75) is 26.5 Å². The first-order valence-electron chi connectivity index (χ1n) is 9.08. The average molecular weight is 415 g/mol. The molecule has 0 fully saturated rings. The van der Waals surface area contributed by atoms with Gasteiger partial charge in [-0.3, -0.25) is 10.2 Å². The van der Waals surface area contributed by atoms with Gasteiger partial charge in [0.25, 0.3) is 5.91 Å². The minimum Gasteiger partial charge on any atom is -0.390 e. The zero-order chi connectivity index (χ0) is 21.0. The number of hydrogen-bond acceptors (Lipinski definition) is 4. The van der Waals surface area contributed by atoms with E-state index in [1.165, 1.54) is 0 Å². The van der Waals surface area contributed by atoms with Crippen LogP contribution in [0.2, 0.25) is 5.02 Å². The number of carbonyl (C=O) groups is 1. The summed E-state index contributed by atoms with van der Waals surface area (Å²) < 4.78 is 0. The number of nitrogens with zero attached hydrogens (tertiary/aromatic N) is 1. The van der Waals surface area contributed by atoms with E-state index >= 15 is 0 Å². The van der Waals surface area contributed by atoms with E-state index in [2.05, 4.69) is 25.6 Å². The SMILES string of the molecule is CC(=N)NCC(NC(=O)c1ccc(-c2ccc(Cl)cc2)[nH]1)c1nc(C)c(CO)[nH]1. The number of benzene rings is 1. The molecule has 2 aromatic heterocycles. The van der Waals surface area contributed by atoms with Crippen molar-refractivity contribution >= 4 is 23.3 Å². The van der Waals surface area contributed by atoms with E-state index in [4.69, 9.17) is 17.0 Å². The van der Waals surface area contributed by atoms with E-state index in [1.54, 1.807) is 32.0 Å². The van der Waals surface area contributed by atoms with Crippen molar-refractivity contribution in [3.05, 3.63) is 64.3 Å². The van der Waals surface area contributed by atoms with Crippen LogP contribution in [-0.2, 0) is 6.61 Å². The number of H-pyrrole nitrogens is 2. The molecular weight excluding hydrogens is 392 g/mol. The molecule has 6 N–H and O–H groups in total. The highest BCUT2D eigenvalue weighted by Gasteiger charge is 2.21. The molecule has 0 aliphatic rings. The molecule has 8 nitrogen and oxygen atoms in total. The number of amidine groups is 1. The summed E-state index contributed by atoms with van der Waals surface area (Å²) in [6.45, 7) is 3.51. The number of aliphatic hydroxyl groups excluding tert-OH is 1. The summed E-state index contributed by atoms with van der Waals surface area (Å²) in [4.78, 5) is 23.4. The van der Waals surface area contributed by atoms with Crippen LogP contribution in [0, 0.1) is 12.3 Å². The van der Waals surface area contributed by atoms with Gasteiger partial charge in [-0.05, 0) is 43.7 Å². The standard InChI is InChI=1S/C20H23ClN6O2/c1-11-18(10-28)26-19(24-11)17(9-23-12(2)22)27-20(29)16-8-7-15(25-16)13-3-5-14(21)6-4-13/h3-8,17,25,28H,9-10H2,1-2H3,(H2,22,23)(H,24,26)(H,27,29). The van der Waals surface area contributed by atoms with Crippen molar-refractivity contribution in [3.63, 3.8) is 0 Å². The molecule has 0 saturated carbocycles. The molecule has 0 aliphatic carbocycles. The third-order valence-corrected chi connectivity index (χ3v) is 4.71. The average Bonchev–Trinajstić information content (AvgIpc) is 3.32. The monoisotopic (exact) mass is 414 g/mol. The van der Waals surface area contributed by atoms with Gasteiger partial charge in [-0.25, -0.2) is 4.98 Å². The van der Waals surface area contributed by atoms with E-state index < -0.39 is 6.04 Å². The molecule has 29 heavy (non-hydrogen) atoms. The fraction of sp³-hybridized carbons (Fsp3) is 0.250.